The van der Waals surface area contributed by atoms with Crippen molar-refractivity contribution >= 4 is 54.7 Å². The summed E-state index contributed by atoms with van der Waals surface area (Å²) in [5.74, 6) is 3.03. The minimum atomic E-state index is -1.08. The molecule has 0 atom stereocenters. The number of nitrogens with zero attached hydrogens (tertiary/aromatic N) is 3. The Balaban J connectivity index is 0.000000282. The fourth-order valence-corrected chi connectivity index (χ4v) is 7.72. The quantitative estimate of drug-likeness (QED) is 0.0561. The molecule has 2 aliphatic heterocycles. The average Bonchev–Trinajstić information content (AvgIpc) is 4.05. The number of nitrogens with one attached hydrogen (secondary N) is 3. The van der Waals surface area contributed by atoms with Crippen LogP contribution in [0.2, 0.25) is 0 Å². The van der Waals surface area contributed by atoms with Gasteiger partial charge >= 0.3 is 41.5 Å². The molecule has 10 rings (SSSR count). The molecule has 76 heavy (non-hydrogen) atoms. The minimum absolute atomic E-state index is 0. The maximum Gasteiger partial charge on any atom is 1.00 e. The number of likely N-dealkylation sites (tertiary alicyclic amines) is 1. The predicted octanol–water partition coefficient (Wildman–Crippen LogP) is 7.38. The summed E-state index contributed by atoms with van der Waals surface area (Å²) in [5.41, 5.74) is 6.28. The van der Waals surface area contributed by atoms with E-state index in [0.717, 1.165) is 112 Å². The maximum atomic E-state index is 13.0. The molecule has 2 aromatic heterocycles. The Morgan fingerprint density at radius 1 is 0.605 bits per heavy atom. The van der Waals surface area contributed by atoms with E-state index in [1.165, 1.54) is 42.7 Å². The number of aromatic nitrogens is 4. The molecular formula is C57H61BF2N6NaO9. The molecule has 0 amide bonds. The Labute approximate surface area is 465 Å². The van der Waals surface area contributed by atoms with Crippen molar-refractivity contribution in [3.8, 4) is 23.0 Å². The fraction of sp³-hybridized carbons (Fsp3) is 0.263. The number of para-hydroxylation sites is 4. The Morgan fingerprint density at radius 3 is 1.36 bits per heavy atom. The molecule has 0 unspecified atom stereocenters. The van der Waals surface area contributed by atoms with Crippen LogP contribution in [0.5, 0.6) is 23.0 Å². The number of carbonyl (C=O) groups excluding carboxylic acids is 4. The smallest absolute Gasteiger partial charge is 0.550 e. The summed E-state index contributed by atoms with van der Waals surface area (Å²) >= 11 is 0. The van der Waals surface area contributed by atoms with Crippen LogP contribution in [0.4, 0.5) is 8.78 Å². The second kappa shape index (κ2) is 33.0. The predicted molar refractivity (Wildman–Crippen MR) is 282 cm³/mol. The van der Waals surface area contributed by atoms with Gasteiger partial charge in [0.05, 0.1) is 22.1 Å². The number of aromatic amines is 2. The van der Waals surface area contributed by atoms with Gasteiger partial charge in [-0.05, 0) is 174 Å². The SMILES string of the molecule is C.CC(=O)OOC(C)=O.CC(=O)[O-].Fc1ccc(Oc2ccc(CN3CCC(c4nc5ccccc5[nH]4)CC3)cc2)cc1.O=Cc1ccc(Oc2ccc(F)cc2)cc1.[B].[Na+].c1ccc2[nH]c(C3CCNCC3)nc2c1. The van der Waals surface area contributed by atoms with Crippen LogP contribution in [-0.4, -0.2) is 83.6 Å². The van der Waals surface area contributed by atoms with Gasteiger partial charge in [0.2, 0.25) is 0 Å². The molecular weight excluding hydrogens is 984 g/mol. The van der Waals surface area contributed by atoms with E-state index < -0.39 is 17.9 Å². The Hall–Kier alpha value is -7.22. The van der Waals surface area contributed by atoms with Crippen molar-refractivity contribution in [3.05, 3.63) is 180 Å². The molecule has 2 aliphatic rings. The van der Waals surface area contributed by atoms with Gasteiger partial charge in [-0.25, -0.2) is 38.1 Å². The van der Waals surface area contributed by atoms with E-state index in [9.17, 15) is 23.2 Å². The molecule has 0 aliphatic carbocycles. The minimum Gasteiger partial charge on any atom is -0.550 e. The number of H-pyrrole nitrogens is 2. The van der Waals surface area contributed by atoms with Crippen molar-refractivity contribution < 1.29 is 81.9 Å². The molecule has 2 saturated heterocycles. The molecule has 19 heteroatoms. The van der Waals surface area contributed by atoms with Gasteiger partial charge in [0, 0.05) is 52.2 Å². The normalized spacial score (nSPS) is 13.0. The Kier molecular flexibility index (Phi) is 27.4. The number of rotatable bonds is 9. The van der Waals surface area contributed by atoms with Crippen LogP contribution in [0.1, 0.15) is 93.3 Å². The van der Waals surface area contributed by atoms with E-state index >= 15 is 0 Å². The number of aliphatic carboxylic acids is 1. The number of halogens is 2. The molecule has 0 spiro atoms. The van der Waals surface area contributed by atoms with Gasteiger partial charge in [-0.2, -0.15) is 0 Å². The van der Waals surface area contributed by atoms with E-state index in [1.807, 2.05) is 36.4 Å². The first-order valence-corrected chi connectivity index (χ1v) is 23.7. The van der Waals surface area contributed by atoms with Crippen LogP contribution >= 0.6 is 0 Å². The first-order chi connectivity index (χ1) is 35.3. The van der Waals surface area contributed by atoms with Gasteiger partial charge in [-0.1, -0.05) is 43.8 Å². The second-order valence-electron chi connectivity index (χ2n) is 16.9. The third-order valence-corrected chi connectivity index (χ3v) is 11.2. The summed E-state index contributed by atoms with van der Waals surface area (Å²) in [6, 6.07) is 43.1. The second-order valence-corrected chi connectivity index (χ2v) is 16.9. The number of carbonyl (C=O) groups is 4. The monoisotopic (exact) mass is 1050 g/mol. The van der Waals surface area contributed by atoms with Crippen molar-refractivity contribution in [2.24, 2.45) is 0 Å². The number of ether oxygens (including phenoxy) is 2. The summed E-state index contributed by atoms with van der Waals surface area (Å²) < 4.78 is 36.9. The van der Waals surface area contributed by atoms with Gasteiger partial charge in [-0.15, -0.1) is 0 Å². The molecule has 4 heterocycles. The number of fused-ring (bicyclic) bond motifs is 2. The molecule has 8 aromatic rings. The van der Waals surface area contributed by atoms with E-state index in [-0.39, 0.29) is 57.0 Å². The van der Waals surface area contributed by atoms with Crippen LogP contribution in [0, 0.1) is 11.6 Å². The van der Waals surface area contributed by atoms with Gasteiger partial charge in [0.1, 0.15) is 52.6 Å². The first-order valence-electron chi connectivity index (χ1n) is 23.7. The summed E-state index contributed by atoms with van der Waals surface area (Å²) in [7, 11) is 0. The molecule has 6 aromatic carbocycles. The van der Waals surface area contributed by atoms with Crippen molar-refractivity contribution in [1.29, 1.82) is 0 Å². The Bertz CT molecular complexity index is 2900. The molecule has 0 bridgehead atoms. The number of hydrogen-bond acceptors (Lipinski definition) is 13. The third-order valence-electron chi connectivity index (χ3n) is 11.2. The average molecular weight is 1050 g/mol. The standard InChI is InChI=1S/C25H24FN3O.C13H9FO2.C12H15N3.C4H6O4.C2H4O2.CH4.B.Na/c26-20-7-11-22(12-8-20)30-21-9-5-18(6-10-21)17-29-15-13-19(14-16-29)25-27-23-3-1-2-4-24(23)28-25;14-11-3-7-13(8-4-11)16-12-5-1-10(9-15)2-6-12;1-2-4-11-10(3-1)14-12(15-11)9-5-7-13-8-6-9;1-3(5)7-8-4(2)6;1-2(3)4;;;/h1-12,19H,13-17H2,(H,27,28);1-9H;1-4,9,13H,5-8H2,(H,14,15);1-2H3;1H3,(H,3,4);1H4;;/q;;;;;;;+1/p-1. The summed E-state index contributed by atoms with van der Waals surface area (Å²) in [5, 5.41) is 12.3. The first kappa shape index (κ1) is 63.1. The van der Waals surface area contributed by atoms with Gasteiger partial charge in [0.15, 0.2) is 0 Å². The van der Waals surface area contributed by atoms with Crippen LogP contribution in [0.15, 0.2) is 146 Å². The number of imidazole rings is 2. The van der Waals surface area contributed by atoms with E-state index in [0.29, 0.717) is 34.6 Å². The fourth-order valence-electron chi connectivity index (χ4n) is 7.72. The zero-order valence-electron chi connectivity index (χ0n) is 42.3. The summed E-state index contributed by atoms with van der Waals surface area (Å²) in [6.45, 7) is 8.55. The molecule has 3 N–H and O–H groups in total. The van der Waals surface area contributed by atoms with Crippen molar-refractivity contribution in [2.45, 2.75) is 72.3 Å². The number of piperidine rings is 2. The molecule has 15 nitrogen and oxygen atoms in total. The van der Waals surface area contributed by atoms with E-state index in [1.54, 1.807) is 48.5 Å². The van der Waals surface area contributed by atoms with Gasteiger partial charge in [-0.3, -0.25) is 9.69 Å². The van der Waals surface area contributed by atoms with Crippen molar-refractivity contribution in [1.82, 2.24) is 30.2 Å². The van der Waals surface area contributed by atoms with Crippen molar-refractivity contribution in [3.63, 3.8) is 0 Å². The Morgan fingerprint density at radius 2 is 0.974 bits per heavy atom. The number of benzene rings is 6. The summed E-state index contributed by atoms with van der Waals surface area (Å²) in [6.07, 6.45) is 5.39. The number of carboxylic acids is 1. The third kappa shape index (κ3) is 21.6. The van der Waals surface area contributed by atoms with E-state index in [4.69, 9.17) is 24.4 Å². The number of hydrogen-bond donors (Lipinski definition) is 3. The van der Waals surface area contributed by atoms with Crippen LogP contribution in [-0.2, 0) is 30.7 Å². The zero-order chi connectivity index (χ0) is 52.0. The molecule has 2 fully saturated rings. The van der Waals surface area contributed by atoms with Gasteiger partial charge < -0.3 is 34.7 Å². The number of carboxylic acid groups (broad SMARTS) is 1. The zero-order valence-corrected chi connectivity index (χ0v) is 44.3. The van der Waals surface area contributed by atoms with E-state index in [2.05, 4.69) is 71.3 Å². The molecule has 0 saturated carbocycles. The number of aldehydes is 1. The van der Waals surface area contributed by atoms with Crippen LogP contribution < -0.4 is 49.5 Å². The summed E-state index contributed by atoms with van der Waals surface area (Å²) in [4.78, 5) is 65.5. The maximum absolute atomic E-state index is 13.0. The molecule has 3 radical (unpaired) electrons. The van der Waals surface area contributed by atoms with Crippen LogP contribution in [0.3, 0.4) is 0 Å². The van der Waals surface area contributed by atoms with Crippen molar-refractivity contribution in [2.75, 3.05) is 26.2 Å². The topological polar surface area (TPSA) is 201 Å². The molecule has 391 valence electrons. The van der Waals surface area contributed by atoms with Crippen LogP contribution in [0.25, 0.3) is 22.1 Å². The largest absolute Gasteiger partial charge is 1.00 e. The van der Waals surface area contributed by atoms with Gasteiger partial charge in [0.25, 0.3) is 0 Å².